The van der Waals surface area contributed by atoms with Crippen LogP contribution < -0.4 is 5.32 Å². The first-order chi connectivity index (χ1) is 14.2. The molecule has 0 radical (unpaired) electrons. The first-order valence-electron chi connectivity index (χ1n) is 9.17. The van der Waals surface area contributed by atoms with Crippen molar-refractivity contribution >= 4 is 39.1 Å². The third-order valence-corrected chi connectivity index (χ3v) is 5.74. The fraction of sp³-hybridized carbons (Fsp3) is 0.0909. The van der Waals surface area contributed by atoms with Crippen molar-refractivity contribution in [2.24, 2.45) is 0 Å². The maximum Gasteiger partial charge on any atom is 0.254 e. The van der Waals surface area contributed by atoms with Crippen molar-refractivity contribution in [2.45, 2.75) is 6.42 Å². The molecule has 0 saturated carbocycles. The largest absolute Gasteiger partial charge is 0.454 e. The lowest BCUT2D eigenvalue weighted by molar-refractivity contribution is 0.0950. The van der Waals surface area contributed by atoms with Crippen molar-refractivity contribution in [1.29, 1.82) is 0 Å². The molecule has 0 aliphatic rings. The fourth-order valence-corrected chi connectivity index (χ4v) is 4.08. The van der Waals surface area contributed by atoms with Crippen molar-refractivity contribution in [3.05, 3.63) is 76.2 Å². The molecular formula is C22H16FN3O2S. The molecule has 5 nitrogen and oxygen atoms in total. The summed E-state index contributed by atoms with van der Waals surface area (Å²) in [6.07, 6.45) is 0.712. The molecule has 144 valence electrons. The van der Waals surface area contributed by atoms with Crippen molar-refractivity contribution in [3.63, 3.8) is 0 Å². The highest BCUT2D eigenvalue weighted by atomic mass is 32.1. The lowest BCUT2D eigenvalue weighted by atomic mass is 10.1. The SMILES string of the molecule is O=C(NCCc1cccs1)c1ccc2[nH]nc(-c3cc4ccccc4o3)c2c1F. The number of hydrogen-bond acceptors (Lipinski definition) is 4. The Labute approximate surface area is 169 Å². The predicted molar refractivity (Wildman–Crippen MR) is 112 cm³/mol. The van der Waals surface area contributed by atoms with Crippen molar-refractivity contribution < 1.29 is 13.6 Å². The van der Waals surface area contributed by atoms with E-state index in [0.717, 1.165) is 5.39 Å². The van der Waals surface area contributed by atoms with Crippen LogP contribution in [-0.4, -0.2) is 22.6 Å². The molecule has 0 bridgehead atoms. The van der Waals surface area contributed by atoms with Gasteiger partial charge in [0.2, 0.25) is 0 Å². The van der Waals surface area contributed by atoms with Crippen LogP contribution in [0.25, 0.3) is 33.3 Å². The van der Waals surface area contributed by atoms with Gasteiger partial charge < -0.3 is 9.73 Å². The zero-order chi connectivity index (χ0) is 19.8. The second kappa shape index (κ2) is 7.18. The Morgan fingerprint density at radius 3 is 2.90 bits per heavy atom. The molecule has 29 heavy (non-hydrogen) atoms. The number of hydrogen-bond donors (Lipinski definition) is 2. The van der Waals surface area contributed by atoms with Gasteiger partial charge in [0.05, 0.1) is 16.5 Å². The van der Waals surface area contributed by atoms with E-state index in [1.54, 1.807) is 17.4 Å². The molecule has 2 N–H and O–H groups in total. The number of nitrogens with zero attached hydrogens (tertiary/aromatic N) is 1. The highest BCUT2D eigenvalue weighted by Gasteiger charge is 2.21. The number of thiophene rings is 1. The molecule has 5 aromatic rings. The highest BCUT2D eigenvalue weighted by molar-refractivity contribution is 7.09. The van der Waals surface area contributed by atoms with Crippen LogP contribution in [0.2, 0.25) is 0 Å². The van der Waals surface area contributed by atoms with Crippen LogP contribution in [0.4, 0.5) is 4.39 Å². The minimum absolute atomic E-state index is 0.0116. The molecule has 0 spiro atoms. The predicted octanol–water partition coefficient (Wildman–Crippen LogP) is 5.15. The summed E-state index contributed by atoms with van der Waals surface area (Å²) in [7, 11) is 0. The standard InChI is InChI=1S/C22H16FN3O2S/c23-20-15(22(27)24-10-9-14-5-3-11-29-14)7-8-16-19(20)21(26-25-16)18-12-13-4-1-2-6-17(13)28-18/h1-8,11-12H,9-10H2,(H,24,27)(H,25,26). The Morgan fingerprint density at radius 2 is 2.07 bits per heavy atom. The Balaban J connectivity index is 1.47. The number of aromatic nitrogens is 2. The van der Waals surface area contributed by atoms with Crippen LogP contribution in [0, 0.1) is 5.82 Å². The summed E-state index contributed by atoms with van der Waals surface area (Å²) in [5, 5.41) is 13.0. The van der Waals surface area contributed by atoms with Gasteiger partial charge in [-0.05, 0) is 42.1 Å². The molecule has 3 heterocycles. The Bertz CT molecular complexity index is 1290. The first-order valence-corrected chi connectivity index (χ1v) is 10.0. The number of aromatic amines is 1. The summed E-state index contributed by atoms with van der Waals surface area (Å²) >= 11 is 1.63. The normalized spacial score (nSPS) is 11.3. The van der Waals surface area contributed by atoms with Gasteiger partial charge in [-0.1, -0.05) is 24.3 Å². The zero-order valence-electron chi connectivity index (χ0n) is 15.2. The number of rotatable bonds is 5. The van der Waals surface area contributed by atoms with E-state index in [-0.39, 0.29) is 10.9 Å². The first kappa shape index (κ1) is 17.6. The Kier molecular flexibility index (Phi) is 4.37. The molecule has 0 aliphatic carbocycles. The molecule has 2 aromatic carbocycles. The van der Waals surface area contributed by atoms with Gasteiger partial charge in [-0.25, -0.2) is 4.39 Å². The second-order valence-electron chi connectivity index (χ2n) is 6.66. The van der Waals surface area contributed by atoms with Crippen LogP contribution in [0.15, 0.2) is 64.4 Å². The number of amides is 1. The van der Waals surface area contributed by atoms with E-state index in [1.165, 1.54) is 10.9 Å². The molecule has 0 unspecified atom stereocenters. The van der Waals surface area contributed by atoms with Crippen molar-refractivity contribution in [1.82, 2.24) is 15.5 Å². The summed E-state index contributed by atoms with van der Waals surface area (Å²) < 4.78 is 21.1. The van der Waals surface area contributed by atoms with Crippen LogP contribution in [0.3, 0.4) is 0 Å². The molecule has 1 amide bonds. The minimum Gasteiger partial charge on any atom is -0.454 e. The topological polar surface area (TPSA) is 70.9 Å². The van der Waals surface area contributed by atoms with Gasteiger partial charge in [-0.3, -0.25) is 9.89 Å². The second-order valence-corrected chi connectivity index (χ2v) is 7.69. The number of fused-ring (bicyclic) bond motifs is 2. The van der Waals surface area contributed by atoms with Gasteiger partial charge >= 0.3 is 0 Å². The molecule has 5 rings (SSSR count). The number of halogens is 1. The number of carbonyl (C=O) groups excluding carboxylic acids is 1. The molecule has 3 aromatic heterocycles. The van der Waals surface area contributed by atoms with Crippen LogP contribution in [-0.2, 0) is 6.42 Å². The van der Waals surface area contributed by atoms with Gasteiger partial charge in [0.1, 0.15) is 17.1 Å². The smallest absolute Gasteiger partial charge is 0.254 e. The van der Waals surface area contributed by atoms with Gasteiger partial charge in [0, 0.05) is 16.8 Å². The molecule has 0 fully saturated rings. The van der Waals surface area contributed by atoms with Crippen LogP contribution in [0.1, 0.15) is 15.2 Å². The summed E-state index contributed by atoms with van der Waals surface area (Å²) in [5.74, 6) is -0.607. The number of nitrogens with one attached hydrogen (secondary N) is 2. The van der Waals surface area contributed by atoms with Crippen LogP contribution >= 0.6 is 11.3 Å². The molecular weight excluding hydrogens is 389 g/mol. The van der Waals surface area contributed by atoms with Gasteiger partial charge in [-0.15, -0.1) is 11.3 Å². The average molecular weight is 405 g/mol. The maximum absolute atomic E-state index is 15.3. The number of carbonyl (C=O) groups is 1. The van der Waals surface area contributed by atoms with E-state index in [0.29, 0.717) is 35.5 Å². The maximum atomic E-state index is 15.3. The van der Waals surface area contributed by atoms with E-state index in [2.05, 4.69) is 15.5 Å². The fourth-order valence-electron chi connectivity index (χ4n) is 3.37. The van der Waals surface area contributed by atoms with Crippen LogP contribution in [0.5, 0.6) is 0 Å². The lowest BCUT2D eigenvalue weighted by Crippen LogP contribution is -2.26. The molecule has 0 aliphatic heterocycles. The average Bonchev–Trinajstić information content (AvgIpc) is 3.47. The van der Waals surface area contributed by atoms with E-state index in [1.807, 2.05) is 47.8 Å². The number of para-hydroxylation sites is 1. The van der Waals surface area contributed by atoms with Gasteiger partial charge in [0.25, 0.3) is 5.91 Å². The molecule has 0 saturated heterocycles. The third-order valence-electron chi connectivity index (χ3n) is 4.81. The molecule has 7 heteroatoms. The Morgan fingerprint density at radius 1 is 1.17 bits per heavy atom. The van der Waals surface area contributed by atoms with E-state index >= 15 is 4.39 Å². The van der Waals surface area contributed by atoms with Crippen molar-refractivity contribution in [2.75, 3.05) is 6.54 Å². The minimum atomic E-state index is -0.611. The van der Waals surface area contributed by atoms with Gasteiger partial charge in [-0.2, -0.15) is 5.10 Å². The number of benzene rings is 2. The monoisotopic (exact) mass is 405 g/mol. The summed E-state index contributed by atoms with van der Waals surface area (Å²) in [5.41, 5.74) is 1.54. The van der Waals surface area contributed by atoms with Gasteiger partial charge in [0.15, 0.2) is 5.76 Å². The van der Waals surface area contributed by atoms with E-state index in [9.17, 15) is 4.79 Å². The lowest BCUT2D eigenvalue weighted by Gasteiger charge is -2.06. The Hall–Kier alpha value is -3.45. The molecule has 0 atom stereocenters. The number of furan rings is 1. The van der Waals surface area contributed by atoms with E-state index in [4.69, 9.17) is 4.42 Å². The quantitative estimate of drug-likeness (QED) is 0.425. The zero-order valence-corrected chi connectivity index (χ0v) is 16.1. The third kappa shape index (κ3) is 3.19. The summed E-state index contributed by atoms with van der Waals surface area (Å²) in [6.45, 7) is 0.443. The highest BCUT2D eigenvalue weighted by Crippen LogP contribution is 2.33. The number of H-pyrrole nitrogens is 1. The summed E-state index contributed by atoms with van der Waals surface area (Å²) in [6, 6.07) is 16.5. The van der Waals surface area contributed by atoms with E-state index < -0.39 is 11.7 Å². The van der Waals surface area contributed by atoms with Crippen molar-refractivity contribution in [3.8, 4) is 11.5 Å². The summed E-state index contributed by atoms with van der Waals surface area (Å²) in [4.78, 5) is 13.7.